The minimum atomic E-state index is 0.629. The minimum Gasteiger partial charge on any atom is -0.496 e. The SMILES string of the molecule is CCCCNc1nc(NCc2ccccc2OC)cc(-c2ccccc2)n1. The van der Waals surface area contributed by atoms with Crippen LogP contribution in [0.5, 0.6) is 5.75 Å². The monoisotopic (exact) mass is 362 g/mol. The maximum Gasteiger partial charge on any atom is 0.225 e. The molecule has 27 heavy (non-hydrogen) atoms. The van der Waals surface area contributed by atoms with Gasteiger partial charge in [0.1, 0.15) is 11.6 Å². The molecule has 0 bridgehead atoms. The number of nitrogens with zero attached hydrogens (tertiary/aromatic N) is 2. The highest BCUT2D eigenvalue weighted by Crippen LogP contribution is 2.23. The molecule has 0 saturated heterocycles. The molecule has 0 aliphatic rings. The number of aromatic nitrogens is 2. The predicted molar refractivity (Wildman–Crippen MR) is 111 cm³/mol. The Morgan fingerprint density at radius 2 is 1.70 bits per heavy atom. The van der Waals surface area contributed by atoms with Crippen molar-refractivity contribution in [2.24, 2.45) is 0 Å². The van der Waals surface area contributed by atoms with Crippen molar-refractivity contribution >= 4 is 11.8 Å². The van der Waals surface area contributed by atoms with Gasteiger partial charge in [0.2, 0.25) is 5.95 Å². The van der Waals surface area contributed by atoms with E-state index in [0.717, 1.165) is 47.8 Å². The van der Waals surface area contributed by atoms with Crippen LogP contribution in [0.4, 0.5) is 11.8 Å². The maximum atomic E-state index is 5.43. The van der Waals surface area contributed by atoms with Gasteiger partial charge in [0.05, 0.1) is 12.8 Å². The Kier molecular flexibility index (Phi) is 6.63. The Morgan fingerprint density at radius 3 is 2.48 bits per heavy atom. The Hall–Kier alpha value is -3.08. The lowest BCUT2D eigenvalue weighted by Gasteiger charge is -2.13. The van der Waals surface area contributed by atoms with Crippen LogP contribution in [0.3, 0.4) is 0 Å². The van der Waals surface area contributed by atoms with Gasteiger partial charge in [-0.1, -0.05) is 61.9 Å². The van der Waals surface area contributed by atoms with Gasteiger partial charge >= 0.3 is 0 Å². The van der Waals surface area contributed by atoms with Crippen molar-refractivity contribution < 1.29 is 4.74 Å². The average Bonchev–Trinajstić information content (AvgIpc) is 2.73. The third-order valence-corrected chi connectivity index (χ3v) is 4.26. The lowest BCUT2D eigenvalue weighted by molar-refractivity contribution is 0.410. The van der Waals surface area contributed by atoms with Gasteiger partial charge in [-0.25, -0.2) is 4.98 Å². The van der Waals surface area contributed by atoms with E-state index in [1.54, 1.807) is 7.11 Å². The normalized spacial score (nSPS) is 10.4. The molecule has 3 aromatic rings. The number of ether oxygens (including phenoxy) is 1. The standard InChI is InChI=1S/C22H26N4O/c1-3-4-14-23-22-25-19(17-10-6-5-7-11-17)15-21(26-22)24-16-18-12-8-9-13-20(18)27-2/h5-13,15H,3-4,14,16H2,1-2H3,(H2,23,24,25,26). The Bertz CT molecular complexity index is 852. The summed E-state index contributed by atoms with van der Waals surface area (Å²) in [4.78, 5) is 9.30. The molecule has 1 aromatic heterocycles. The summed E-state index contributed by atoms with van der Waals surface area (Å²) in [6, 6.07) is 20.1. The summed E-state index contributed by atoms with van der Waals surface area (Å²) in [5, 5.41) is 6.74. The largest absolute Gasteiger partial charge is 0.496 e. The summed E-state index contributed by atoms with van der Waals surface area (Å²) < 4.78 is 5.43. The fourth-order valence-corrected chi connectivity index (χ4v) is 2.79. The number of methoxy groups -OCH3 is 1. The molecule has 0 amide bonds. The highest BCUT2D eigenvalue weighted by atomic mass is 16.5. The molecule has 0 fully saturated rings. The van der Waals surface area contributed by atoms with Crippen LogP contribution >= 0.6 is 0 Å². The van der Waals surface area contributed by atoms with Crippen molar-refractivity contribution in [3.05, 3.63) is 66.2 Å². The molecular weight excluding hydrogens is 336 g/mol. The maximum absolute atomic E-state index is 5.43. The van der Waals surface area contributed by atoms with Crippen LogP contribution in [0, 0.1) is 0 Å². The summed E-state index contributed by atoms with van der Waals surface area (Å²) in [5.41, 5.74) is 3.05. The third-order valence-electron chi connectivity index (χ3n) is 4.26. The summed E-state index contributed by atoms with van der Waals surface area (Å²) in [6.07, 6.45) is 2.22. The first-order valence-electron chi connectivity index (χ1n) is 9.34. The molecule has 0 spiro atoms. The zero-order valence-corrected chi connectivity index (χ0v) is 15.9. The molecule has 3 rings (SSSR count). The lowest BCUT2D eigenvalue weighted by atomic mass is 10.1. The zero-order chi connectivity index (χ0) is 18.9. The highest BCUT2D eigenvalue weighted by Gasteiger charge is 2.08. The molecule has 0 unspecified atom stereocenters. The number of anilines is 2. The van der Waals surface area contributed by atoms with E-state index in [1.165, 1.54) is 0 Å². The van der Waals surface area contributed by atoms with E-state index in [2.05, 4.69) is 39.7 Å². The number of para-hydroxylation sites is 1. The Balaban J connectivity index is 1.83. The van der Waals surface area contributed by atoms with Crippen molar-refractivity contribution in [2.75, 3.05) is 24.3 Å². The number of hydrogen-bond acceptors (Lipinski definition) is 5. The number of rotatable bonds is 9. The van der Waals surface area contributed by atoms with Gasteiger partial charge < -0.3 is 15.4 Å². The number of unbranched alkanes of at least 4 members (excludes halogenated alkanes) is 1. The van der Waals surface area contributed by atoms with Crippen LogP contribution in [0.25, 0.3) is 11.3 Å². The molecule has 1 heterocycles. The first kappa shape index (κ1) is 18.7. The second kappa shape index (κ2) is 9.57. The molecule has 140 valence electrons. The number of nitrogens with one attached hydrogen (secondary N) is 2. The second-order valence-corrected chi connectivity index (χ2v) is 6.27. The van der Waals surface area contributed by atoms with Crippen LogP contribution in [0.2, 0.25) is 0 Å². The molecule has 0 radical (unpaired) electrons. The van der Waals surface area contributed by atoms with E-state index >= 15 is 0 Å². The summed E-state index contributed by atoms with van der Waals surface area (Å²) in [5.74, 6) is 2.30. The zero-order valence-electron chi connectivity index (χ0n) is 15.9. The van der Waals surface area contributed by atoms with Crippen molar-refractivity contribution in [3.8, 4) is 17.0 Å². The molecule has 5 nitrogen and oxygen atoms in total. The molecule has 0 aliphatic carbocycles. The summed E-state index contributed by atoms with van der Waals surface area (Å²) in [6.45, 7) is 3.66. The van der Waals surface area contributed by atoms with Crippen molar-refractivity contribution in [3.63, 3.8) is 0 Å². The van der Waals surface area contributed by atoms with Crippen molar-refractivity contribution in [1.29, 1.82) is 0 Å². The second-order valence-electron chi connectivity index (χ2n) is 6.27. The molecule has 2 N–H and O–H groups in total. The fraction of sp³-hybridized carbons (Fsp3) is 0.273. The van der Waals surface area contributed by atoms with Crippen LogP contribution in [-0.4, -0.2) is 23.6 Å². The average molecular weight is 362 g/mol. The van der Waals surface area contributed by atoms with E-state index in [4.69, 9.17) is 4.74 Å². The first-order chi connectivity index (χ1) is 13.3. The van der Waals surface area contributed by atoms with E-state index in [0.29, 0.717) is 12.5 Å². The lowest BCUT2D eigenvalue weighted by Crippen LogP contribution is -2.09. The van der Waals surface area contributed by atoms with Gasteiger partial charge in [-0.2, -0.15) is 4.98 Å². The first-order valence-corrected chi connectivity index (χ1v) is 9.34. The van der Waals surface area contributed by atoms with E-state index in [-0.39, 0.29) is 0 Å². The Morgan fingerprint density at radius 1 is 0.926 bits per heavy atom. The van der Waals surface area contributed by atoms with Crippen LogP contribution < -0.4 is 15.4 Å². The highest BCUT2D eigenvalue weighted by molar-refractivity contribution is 5.64. The number of benzene rings is 2. The summed E-state index contributed by atoms with van der Waals surface area (Å²) in [7, 11) is 1.69. The summed E-state index contributed by atoms with van der Waals surface area (Å²) >= 11 is 0. The molecule has 0 saturated carbocycles. The van der Waals surface area contributed by atoms with E-state index in [9.17, 15) is 0 Å². The van der Waals surface area contributed by atoms with Gasteiger partial charge in [-0.15, -0.1) is 0 Å². The van der Waals surface area contributed by atoms with Gasteiger partial charge in [0.25, 0.3) is 0 Å². The topological polar surface area (TPSA) is 59.1 Å². The van der Waals surface area contributed by atoms with Crippen LogP contribution in [0.15, 0.2) is 60.7 Å². The molecule has 5 heteroatoms. The van der Waals surface area contributed by atoms with Crippen LogP contribution in [-0.2, 0) is 6.54 Å². The Labute approximate surface area is 160 Å². The minimum absolute atomic E-state index is 0.629. The van der Waals surface area contributed by atoms with Crippen molar-refractivity contribution in [1.82, 2.24) is 9.97 Å². The van der Waals surface area contributed by atoms with Gasteiger partial charge in [-0.3, -0.25) is 0 Å². The van der Waals surface area contributed by atoms with Gasteiger partial charge in [0.15, 0.2) is 0 Å². The third kappa shape index (κ3) is 5.20. The number of hydrogen-bond donors (Lipinski definition) is 2. The van der Waals surface area contributed by atoms with E-state index < -0.39 is 0 Å². The van der Waals surface area contributed by atoms with Gasteiger partial charge in [0, 0.05) is 30.3 Å². The molecule has 0 atom stereocenters. The molecule has 0 aliphatic heterocycles. The predicted octanol–water partition coefficient (Wildman–Crippen LogP) is 4.98. The quantitative estimate of drug-likeness (QED) is 0.526. The van der Waals surface area contributed by atoms with Gasteiger partial charge in [-0.05, 0) is 12.5 Å². The smallest absolute Gasteiger partial charge is 0.225 e. The molecule has 2 aromatic carbocycles. The van der Waals surface area contributed by atoms with Crippen LogP contribution in [0.1, 0.15) is 25.3 Å². The van der Waals surface area contributed by atoms with E-state index in [1.807, 2.05) is 48.5 Å². The molecular formula is C22H26N4O. The van der Waals surface area contributed by atoms with Crippen molar-refractivity contribution in [2.45, 2.75) is 26.3 Å². The fourth-order valence-electron chi connectivity index (χ4n) is 2.79.